The summed E-state index contributed by atoms with van der Waals surface area (Å²) in [5.41, 5.74) is -0.0618. The van der Waals surface area contributed by atoms with E-state index in [4.69, 9.17) is 9.15 Å². The maximum atomic E-state index is 12.9. The third-order valence-electron chi connectivity index (χ3n) is 4.85. The van der Waals surface area contributed by atoms with Gasteiger partial charge in [-0.25, -0.2) is 9.97 Å². The van der Waals surface area contributed by atoms with Crippen LogP contribution in [-0.4, -0.2) is 32.8 Å². The zero-order valence-electron chi connectivity index (χ0n) is 16.2. The number of hydrogen-bond acceptors (Lipinski definition) is 6. The third-order valence-corrected chi connectivity index (χ3v) is 4.85. The molecule has 0 spiro atoms. The molecule has 1 amide bonds. The molecule has 11 heteroatoms. The fourth-order valence-corrected chi connectivity index (χ4v) is 3.39. The van der Waals surface area contributed by atoms with Gasteiger partial charge in [-0.05, 0) is 18.9 Å². The Hall–Kier alpha value is -3.37. The van der Waals surface area contributed by atoms with Crippen LogP contribution in [0.3, 0.4) is 0 Å². The Kier molecular flexibility index (Phi) is 4.96. The second kappa shape index (κ2) is 7.47. The average Bonchev–Trinajstić information content (AvgIpc) is 3.32. The minimum Gasteiger partial charge on any atom is -0.481 e. The molecule has 4 rings (SSSR count). The molecule has 0 fully saturated rings. The number of aromatic nitrogens is 4. The Balaban J connectivity index is 1.59. The molecule has 1 atom stereocenters. The van der Waals surface area contributed by atoms with Gasteiger partial charge in [-0.2, -0.15) is 18.3 Å². The van der Waals surface area contributed by atoms with Gasteiger partial charge in [0.05, 0.1) is 13.2 Å². The minimum absolute atomic E-state index is 0.183. The smallest absolute Gasteiger partial charge is 0.435 e. The SMILES string of the molecule is COc1cc(-c2nc3c(o2)CCC[C@H]3NC(=O)c2cc(C(F)(F)F)nn2C)ccn1. The molecule has 1 aliphatic carbocycles. The summed E-state index contributed by atoms with van der Waals surface area (Å²) in [6.45, 7) is 0. The number of halogens is 3. The number of hydrogen-bond donors (Lipinski definition) is 1. The van der Waals surface area contributed by atoms with E-state index in [1.807, 2.05) is 0 Å². The Bertz CT molecular complexity index is 1090. The highest BCUT2D eigenvalue weighted by Crippen LogP contribution is 2.34. The first-order valence-corrected chi connectivity index (χ1v) is 9.18. The van der Waals surface area contributed by atoms with Crippen molar-refractivity contribution in [1.29, 1.82) is 0 Å². The van der Waals surface area contributed by atoms with Gasteiger partial charge < -0.3 is 14.5 Å². The van der Waals surface area contributed by atoms with Crippen molar-refractivity contribution >= 4 is 5.91 Å². The molecule has 0 saturated carbocycles. The lowest BCUT2D eigenvalue weighted by Crippen LogP contribution is -2.32. The van der Waals surface area contributed by atoms with Crippen LogP contribution in [0.15, 0.2) is 28.8 Å². The molecular formula is C19H18F3N5O3. The standard InChI is InChI=1S/C19H18F3N5O3/c1-27-12(9-14(26-27)19(20,21)22)17(28)24-11-4-3-5-13-16(11)25-18(30-13)10-6-7-23-15(8-10)29-2/h6-9,11H,3-5H2,1-2H3,(H,24,28)/t11-/m1/s1. The molecular weight excluding hydrogens is 403 g/mol. The maximum Gasteiger partial charge on any atom is 0.435 e. The molecule has 158 valence electrons. The van der Waals surface area contributed by atoms with E-state index >= 15 is 0 Å². The lowest BCUT2D eigenvalue weighted by atomic mass is 9.96. The minimum atomic E-state index is -4.62. The van der Waals surface area contributed by atoms with Gasteiger partial charge in [-0.15, -0.1) is 0 Å². The second-order valence-corrected chi connectivity index (χ2v) is 6.87. The van der Waals surface area contributed by atoms with Crippen LogP contribution in [-0.2, 0) is 19.6 Å². The molecule has 3 heterocycles. The molecule has 0 radical (unpaired) electrons. The fourth-order valence-electron chi connectivity index (χ4n) is 3.39. The van der Waals surface area contributed by atoms with Crippen LogP contribution in [0.5, 0.6) is 5.88 Å². The molecule has 30 heavy (non-hydrogen) atoms. The summed E-state index contributed by atoms with van der Waals surface area (Å²) < 4.78 is 50.5. The van der Waals surface area contributed by atoms with Gasteiger partial charge in [0.15, 0.2) is 5.69 Å². The van der Waals surface area contributed by atoms with Gasteiger partial charge in [0.1, 0.15) is 17.1 Å². The van der Waals surface area contributed by atoms with Crippen LogP contribution in [0.4, 0.5) is 13.2 Å². The number of amides is 1. The van der Waals surface area contributed by atoms with Gasteiger partial charge in [0.25, 0.3) is 5.91 Å². The Morgan fingerprint density at radius 2 is 2.17 bits per heavy atom. The number of ether oxygens (including phenoxy) is 1. The molecule has 8 nitrogen and oxygen atoms in total. The normalized spacial score (nSPS) is 16.2. The van der Waals surface area contributed by atoms with Crippen molar-refractivity contribution in [1.82, 2.24) is 25.1 Å². The van der Waals surface area contributed by atoms with Gasteiger partial charge >= 0.3 is 6.18 Å². The highest BCUT2D eigenvalue weighted by atomic mass is 19.4. The number of nitrogens with zero attached hydrogens (tertiary/aromatic N) is 4. The first-order valence-electron chi connectivity index (χ1n) is 9.18. The predicted molar refractivity (Wildman–Crippen MR) is 97.6 cm³/mol. The van der Waals surface area contributed by atoms with Crippen LogP contribution in [0.25, 0.3) is 11.5 Å². The number of alkyl halides is 3. The largest absolute Gasteiger partial charge is 0.481 e. The topological polar surface area (TPSA) is 95.1 Å². The molecule has 3 aromatic rings. The van der Waals surface area contributed by atoms with Crippen molar-refractivity contribution in [2.45, 2.75) is 31.5 Å². The summed E-state index contributed by atoms with van der Waals surface area (Å²) in [7, 11) is 2.79. The van der Waals surface area contributed by atoms with Crippen molar-refractivity contribution in [2.75, 3.05) is 7.11 Å². The number of methoxy groups -OCH3 is 1. The first-order chi connectivity index (χ1) is 14.3. The van der Waals surface area contributed by atoms with E-state index in [2.05, 4.69) is 20.4 Å². The Morgan fingerprint density at radius 1 is 1.37 bits per heavy atom. The van der Waals surface area contributed by atoms with Crippen molar-refractivity contribution < 1.29 is 27.1 Å². The van der Waals surface area contributed by atoms with Crippen molar-refractivity contribution in [3.8, 4) is 17.3 Å². The van der Waals surface area contributed by atoms with Crippen LogP contribution in [0.1, 0.15) is 46.5 Å². The van der Waals surface area contributed by atoms with Crippen LogP contribution in [0, 0.1) is 0 Å². The zero-order valence-corrected chi connectivity index (χ0v) is 16.2. The molecule has 1 N–H and O–H groups in total. The van der Waals surface area contributed by atoms with Crippen LogP contribution in [0.2, 0.25) is 0 Å². The number of carbonyl (C=O) groups excluding carboxylic acids is 1. The van der Waals surface area contributed by atoms with Gasteiger partial charge in [0.2, 0.25) is 11.8 Å². The summed E-state index contributed by atoms with van der Waals surface area (Å²) in [4.78, 5) is 21.2. The monoisotopic (exact) mass is 421 g/mol. The van der Waals surface area contributed by atoms with Crippen molar-refractivity contribution in [3.63, 3.8) is 0 Å². The highest BCUT2D eigenvalue weighted by molar-refractivity contribution is 5.93. The quantitative estimate of drug-likeness (QED) is 0.695. The van der Waals surface area contributed by atoms with E-state index < -0.39 is 23.8 Å². The molecule has 0 saturated heterocycles. The maximum absolute atomic E-state index is 12.9. The number of nitrogens with one attached hydrogen (secondary N) is 1. The Labute approximate surface area is 169 Å². The number of carbonyl (C=O) groups is 1. The van der Waals surface area contributed by atoms with Crippen LogP contribution >= 0.6 is 0 Å². The summed E-state index contributed by atoms with van der Waals surface area (Å²) >= 11 is 0. The number of rotatable bonds is 4. The van der Waals surface area contributed by atoms with Crippen molar-refractivity contribution in [3.05, 3.63) is 47.2 Å². The fraction of sp³-hybridized carbons (Fsp3) is 0.368. The van der Waals surface area contributed by atoms with Crippen molar-refractivity contribution in [2.24, 2.45) is 7.05 Å². The molecule has 1 aliphatic rings. The number of aryl methyl sites for hydroxylation is 2. The molecule has 0 aliphatic heterocycles. The van der Waals surface area contributed by atoms with E-state index in [1.54, 1.807) is 18.3 Å². The van der Waals surface area contributed by atoms with Gasteiger partial charge in [0, 0.05) is 37.4 Å². The number of pyridine rings is 1. The summed E-state index contributed by atoms with van der Waals surface area (Å²) in [6, 6.07) is 3.66. The summed E-state index contributed by atoms with van der Waals surface area (Å²) in [5.74, 6) is 0.749. The van der Waals surface area contributed by atoms with E-state index in [-0.39, 0.29) is 5.69 Å². The number of fused-ring (bicyclic) bond motifs is 1. The summed E-state index contributed by atoms with van der Waals surface area (Å²) in [6.07, 6.45) is -1.07. The molecule has 0 aromatic carbocycles. The second-order valence-electron chi connectivity index (χ2n) is 6.87. The van der Waals surface area contributed by atoms with Gasteiger partial charge in [-0.3, -0.25) is 9.48 Å². The lowest BCUT2D eigenvalue weighted by molar-refractivity contribution is -0.141. The molecule has 0 unspecified atom stereocenters. The van der Waals surface area contributed by atoms with E-state index in [0.29, 0.717) is 41.6 Å². The Morgan fingerprint density at radius 3 is 2.87 bits per heavy atom. The predicted octanol–water partition coefficient (Wildman–Crippen LogP) is 3.30. The van der Waals surface area contributed by atoms with E-state index in [0.717, 1.165) is 17.2 Å². The molecule has 3 aromatic heterocycles. The molecule has 0 bridgehead atoms. The first kappa shape index (κ1) is 19.9. The number of oxazole rings is 1. The zero-order chi connectivity index (χ0) is 21.5. The third kappa shape index (κ3) is 3.74. The van der Waals surface area contributed by atoms with Gasteiger partial charge in [-0.1, -0.05) is 0 Å². The average molecular weight is 421 g/mol. The highest BCUT2D eigenvalue weighted by Gasteiger charge is 2.36. The van der Waals surface area contributed by atoms with E-state index in [9.17, 15) is 18.0 Å². The lowest BCUT2D eigenvalue weighted by Gasteiger charge is -2.21. The van der Waals surface area contributed by atoms with Crippen LogP contribution < -0.4 is 10.1 Å². The van der Waals surface area contributed by atoms with E-state index in [1.165, 1.54) is 14.2 Å². The summed E-state index contributed by atoms with van der Waals surface area (Å²) in [5, 5.41) is 6.14.